The van der Waals surface area contributed by atoms with Crippen molar-refractivity contribution in [2.75, 3.05) is 7.05 Å². The molecule has 21 heavy (non-hydrogen) atoms. The van der Waals surface area contributed by atoms with E-state index in [0.717, 1.165) is 18.5 Å². The van der Waals surface area contributed by atoms with Gasteiger partial charge in [0.05, 0.1) is 5.69 Å². The van der Waals surface area contributed by atoms with E-state index < -0.39 is 0 Å². The Balaban J connectivity index is 1.85. The summed E-state index contributed by atoms with van der Waals surface area (Å²) in [6.45, 7) is 0. The summed E-state index contributed by atoms with van der Waals surface area (Å²) >= 11 is 0. The molecule has 0 aromatic carbocycles. The van der Waals surface area contributed by atoms with Crippen LogP contribution in [0.4, 0.5) is 0 Å². The fraction of sp³-hybridized carbons (Fsp3) is 0.571. The highest BCUT2D eigenvalue weighted by molar-refractivity contribution is 5.97. The fourth-order valence-electron chi connectivity index (χ4n) is 2.97. The second-order valence-electron chi connectivity index (χ2n) is 5.57. The first-order valence-corrected chi connectivity index (χ1v) is 7.35. The Labute approximate surface area is 123 Å². The van der Waals surface area contributed by atoms with Crippen LogP contribution in [0.25, 0.3) is 11.4 Å². The maximum absolute atomic E-state index is 12.7. The molecule has 0 atom stereocenters. The van der Waals surface area contributed by atoms with E-state index in [2.05, 4.69) is 20.5 Å². The number of aromatic nitrogens is 5. The van der Waals surface area contributed by atoms with Crippen LogP contribution in [0.1, 0.15) is 42.6 Å². The summed E-state index contributed by atoms with van der Waals surface area (Å²) in [6, 6.07) is 2.14. The molecule has 2 aromatic heterocycles. The summed E-state index contributed by atoms with van der Waals surface area (Å²) in [4.78, 5) is 14.5. The van der Waals surface area contributed by atoms with Gasteiger partial charge in [-0.2, -0.15) is 20.5 Å². The van der Waals surface area contributed by atoms with Crippen LogP contribution < -0.4 is 0 Å². The first-order valence-electron chi connectivity index (χ1n) is 7.35. The number of rotatable bonds is 3. The summed E-state index contributed by atoms with van der Waals surface area (Å²) in [7, 11) is 3.68. The lowest BCUT2D eigenvalue weighted by molar-refractivity contribution is 0.0691. The van der Waals surface area contributed by atoms with Crippen molar-refractivity contribution in [2.24, 2.45) is 7.05 Å². The van der Waals surface area contributed by atoms with E-state index >= 15 is 0 Å². The molecule has 1 fully saturated rings. The molecule has 0 unspecified atom stereocenters. The van der Waals surface area contributed by atoms with Gasteiger partial charge in [0.1, 0.15) is 5.69 Å². The number of hydrogen-bond donors (Lipinski definition) is 1. The van der Waals surface area contributed by atoms with Gasteiger partial charge in [0.15, 0.2) is 5.69 Å². The van der Waals surface area contributed by atoms with Crippen molar-refractivity contribution >= 4 is 5.91 Å². The van der Waals surface area contributed by atoms with E-state index in [0.29, 0.717) is 17.4 Å². The Kier molecular flexibility index (Phi) is 3.72. The average molecular weight is 288 g/mol. The van der Waals surface area contributed by atoms with Gasteiger partial charge in [-0.15, -0.1) is 0 Å². The minimum absolute atomic E-state index is 0.0770. The first-order chi connectivity index (χ1) is 10.2. The average Bonchev–Trinajstić information content (AvgIpc) is 3.14. The maximum Gasteiger partial charge on any atom is 0.276 e. The van der Waals surface area contributed by atoms with Crippen LogP contribution >= 0.6 is 0 Å². The molecule has 7 heteroatoms. The third-order valence-corrected chi connectivity index (χ3v) is 4.26. The number of H-pyrrole nitrogens is 1. The number of hydrogen-bond acceptors (Lipinski definition) is 4. The van der Waals surface area contributed by atoms with E-state index in [1.54, 1.807) is 10.9 Å². The van der Waals surface area contributed by atoms with Gasteiger partial charge < -0.3 is 4.90 Å². The third kappa shape index (κ3) is 2.55. The standard InChI is InChI=1S/C14H20N6O/c1-19(10-6-4-3-5-7-10)14(21)13-12(16-18-17-13)11-8-9-15-20(11)2/h8-10H,3-7H2,1-2H3,(H,16,17,18). The molecule has 7 nitrogen and oxygen atoms in total. The SMILES string of the molecule is CN(C(=O)c1n[nH]nc1-c1ccnn1C)C1CCCCC1. The molecule has 112 valence electrons. The van der Waals surface area contributed by atoms with Gasteiger partial charge in [-0.05, 0) is 18.9 Å². The molecule has 1 N–H and O–H groups in total. The van der Waals surface area contributed by atoms with Gasteiger partial charge in [0, 0.05) is 26.3 Å². The summed E-state index contributed by atoms with van der Waals surface area (Å²) in [5.74, 6) is -0.0770. The largest absolute Gasteiger partial charge is 0.337 e. The van der Waals surface area contributed by atoms with E-state index in [-0.39, 0.29) is 5.91 Å². The topological polar surface area (TPSA) is 79.7 Å². The second-order valence-corrected chi connectivity index (χ2v) is 5.57. The van der Waals surface area contributed by atoms with Gasteiger partial charge in [-0.1, -0.05) is 19.3 Å². The van der Waals surface area contributed by atoms with Crippen LogP contribution in [0.3, 0.4) is 0 Å². The number of carbonyl (C=O) groups excluding carboxylic acids is 1. The molecule has 0 saturated heterocycles. The summed E-state index contributed by atoms with van der Waals surface area (Å²) < 4.78 is 1.69. The van der Waals surface area contributed by atoms with Gasteiger partial charge in [-0.3, -0.25) is 9.48 Å². The minimum atomic E-state index is -0.0770. The molecule has 2 heterocycles. The zero-order valence-corrected chi connectivity index (χ0v) is 12.4. The van der Waals surface area contributed by atoms with Gasteiger partial charge in [-0.25, -0.2) is 0 Å². The summed E-state index contributed by atoms with van der Waals surface area (Å²) in [5.41, 5.74) is 1.71. The van der Waals surface area contributed by atoms with Crippen LogP contribution in [-0.2, 0) is 7.05 Å². The number of nitrogens with one attached hydrogen (secondary N) is 1. The summed E-state index contributed by atoms with van der Waals surface area (Å²) in [6.07, 6.45) is 7.47. The lowest BCUT2D eigenvalue weighted by Gasteiger charge is -2.30. The van der Waals surface area contributed by atoms with Crippen LogP contribution in [0.2, 0.25) is 0 Å². The molecule has 1 saturated carbocycles. The van der Waals surface area contributed by atoms with Crippen LogP contribution in [0.5, 0.6) is 0 Å². The van der Waals surface area contributed by atoms with Crippen molar-refractivity contribution in [3.8, 4) is 11.4 Å². The van der Waals surface area contributed by atoms with Crippen molar-refractivity contribution < 1.29 is 4.79 Å². The molecular formula is C14H20N6O. The lowest BCUT2D eigenvalue weighted by Crippen LogP contribution is -2.38. The highest BCUT2D eigenvalue weighted by atomic mass is 16.2. The van der Waals surface area contributed by atoms with Gasteiger partial charge in [0.25, 0.3) is 5.91 Å². The second kappa shape index (κ2) is 5.67. The van der Waals surface area contributed by atoms with E-state index in [9.17, 15) is 4.79 Å². The zero-order chi connectivity index (χ0) is 14.8. The monoisotopic (exact) mass is 288 g/mol. The highest BCUT2D eigenvalue weighted by Gasteiger charge is 2.28. The molecule has 0 radical (unpaired) electrons. The van der Waals surface area contributed by atoms with Gasteiger partial charge >= 0.3 is 0 Å². The van der Waals surface area contributed by atoms with Crippen molar-refractivity contribution in [1.29, 1.82) is 0 Å². The molecule has 3 rings (SSSR count). The lowest BCUT2D eigenvalue weighted by atomic mass is 9.94. The minimum Gasteiger partial charge on any atom is -0.337 e. The van der Waals surface area contributed by atoms with E-state index in [1.807, 2.05) is 25.1 Å². The predicted molar refractivity (Wildman–Crippen MR) is 77.6 cm³/mol. The Morgan fingerprint density at radius 3 is 2.76 bits per heavy atom. The number of amides is 1. The van der Waals surface area contributed by atoms with Crippen molar-refractivity contribution in [2.45, 2.75) is 38.1 Å². The Bertz CT molecular complexity index is 625. The van der Waals surface area contributed by atoms with Crippen molar-refractivity contribution in [1.82, 2.24) is 30.1 Å². The molecule has 0 aliphatic heterocycles. The molecular weight excluding hydrogens is 268 g/mol. The summed E-state index contributed by atoms with van der Waals surface area (Å²) in [5, 5.41) is 14.9. The zero-order valence-electron chi connectivity index (χ0n) is 12.4. The molecule has 1 aliphatic carbocycles. The highest BCUT2D eigenvalue weighted by Crippen LogP contribution is 2.25. The Hall–Kier alpha value is -2.18. The van der Waals surface area contributed by atoms with Crippen LogP contribution in [0, 0.1) is 0 Å². The molecule has 0 bridgehead atoms. The Morgan fingerprint density at radius 1 is 1.33 bits per heavy atom. The predicted octanol–water partition coefficient (Wildman–Crippen LogP) is 1.61. The van der Waals surface area contributed by atoms with Crippen molar-refractivity contribution in [3.63, 3.8) is 0 Å². The Morgan fingerprint density at radius 2 is 2.10 bits per heavy atom. The molecule has 1 amide bonds. The normalized spacial score (nSPS) is 16.1. The maximum atomic E-state index is 12.7. The number of carbonyl (C=O) groups is 1. The van der Waals surface area contributed by atoms with Crippen molar-refractivity contribution in [3.05, 3.63) is 18.0 Å². The quantitative estimate of drug-likeness (QED) is 0.930. The third-order valence-electron chi connectivity index (χ3n) is 4.26. The van der Waals surface area contributed by atoms with E-state index in [4.69, 9.17) is 0 Å². The smallest absolute Gasteiger partial charge is 0.276 e. The molecule has 2 aromatic rings. The molecule has 1 aliphatic rings. The van der Waals surface area contributed by atoms with Crippen LogP contribution in [0.15, 0.2) is 12.3 Å². The fourth-order valence-corrected chi connectivity index (χ4v) is 2.97. The number of nitrogens with zero attached hydrogens (tertiary/aromatic N) is 5. The number of aromatic amines is 1. The number of aryl methyl sites for hydroxylation is 1. The van der Waals surface area contributed by atoms with Gasteiger partial charge in [0.2, 0.25) is 0 Å². The van der Waals surface area contributed by atoms with Crippen LogP contribution in [-0.4, -0.2) is 49.1 Å². The van der Waals surface area contributed by atoms with E-state index in [1.165, 1.54) is 19.3 Å². The molecule has 0 spiro atoms. The first kappa shape index (κ1) is 13.8.